The molecule has 0 aliphatic heterocycles. The number of nitrogens with zero attached hydrogens (tertiary/aromatic N) is 4. The van der Waals surface area contributed by atoms with Gasteiger partial charge in [-0.1, -0.05) is 19.9 Å². The highest BCUT2D eigenvalue weighted by Crippen LogP contribution is 2.33. The van der Waals surface area contributed by atoms with Gasteiger partial charge in [-0.25, -0.2) is 14.4 Å². The van der Waals surface area contributed by atoms with Crippen LogP contribution in [-0.4, -0.2) is 30.1 Å². The maximum Gasteiger partial charge on any atom is 0.183 e. The number of H-pyrrole nitrogens is 2. The van der Waals surface area contributed by atoms with Crippen LogP contribution >= 0.6 is 0 Å². The zero-order valence-corrected chi connectivity index (χ0v) is 15.3. The molecule has 0 saturated carbocycles. The number of benzene rings is 1. The molecule has 0 aliphatic carbocycles. The first kappa shape index (κ1) is 17.1. The first-order chi connectivity index (χ1) is 13.0. The Bertz CT molecular complexity index is 1080. The molecule has 4 rings (SSSR count). The molecule has 2 N–H and O–H groups in total. The molecule has 136 valence electrons. The Morgan fingerprint density at radius 1 is 1.07 bits per heavy atom. The van der Waals surface area contributed by atoms with E-state index in [-0.39, 0.29) is 11.7 Å². The molecule has 0 amide bonds. The minimum absolute atomic E-state index is 0.218. The van der Waals surface area contributed by atoms with Crippen LogP contribution in [0.3, 0.4) is 0 Å². The van der Waals surface area contributed by atoms with Gasteiger partial charge in [0.2, 0.25) is 0 Å². The van der Waals surface area contributed by atoms with E-state index in [2.05, 4.69) is 39.0 Å². The third kappa shape index (κ3) is 3.23. The van der Waals surface area contributed by atoms with Crippen molar-refractivity contribution in [3.63, 3.8) is 0 Å². The summed E-state index contributed by atoms with van der Waals surface area (Å²) in [5.41, 5.74) is 4.36. The summed E-state index contributed by atoms with van der Waals surface area (Å²) in [5.74, 6) is 1.000. The molecule has 6 nitrogen and oxygen atoms in total. The van der Waals surface area contributed by atoms with Gasteiger partial charge in [-0.15, -0.1) is 0 Å². The minimum atomic E-state index is -0.381. The minimum Gasteiger partial charge on any atom is -0.340 e. The Labute approximate surface area is 155 Å². The van der Waals surface area contributed by atoms with Gasteiger partial charge in [-0.2, -0.15) is 5.10 Å². The summed E-state index contributed by atoms with van der Waals surface area (Å²) in [6.45, 7) is 6.09. The highest BCUT2D eigenvalue weighted by molar-refractivity contribution is 5.79. The van der Waals surface area contributed by atoms with Gasteiger partial charge in [0.25, 0.3) is 0 Å². The van der Waals surface area contributed by atoms with Gasteiger partial charge < -0.3 is 4.98 Å². The van der Waals surface area contributed by atoms with Crippen LogP contribution < -0.4 is 0 Å². The van der Waals surface area contributed by atoms with Crippen LogP contribution in [0.4, 0.5) is 4.39 Å². The van der Waals surface area contributed by atoms with Crippen molar-refractivity contribution in [2.75, 3.05) is 0 Å². The van der Waals surface area contributed by atoms with Crippen LogP contribution in [0.1, 0.15) is 31.3 Å². The first-order valence-corrected chi connectivity index (χ1v) is 8.73. The van der Waals surface area contributed by atoms with Gasteiger partial charge in [-0.05, 0) is 37.3 Å². The number of imidazole rings is 1. The normalized spacial score (nSPS) is 11.3. The summed E-state index contributed by atoms with van der Waals surface area (Å²) in [4.78, 5) is 16.8. The fourth-order valence-electron chi connectivity index (χ4n) is 2.92. The molecule has 1 aromatic carbocycles. The fraction of sp³-hybridized carbons (Fsp3) is 0.200. The summed E-state index contributed by atoms with van der Waals surface area (Å²) in [6.07, 6.45) is 1.43. The molecular weight excluding hydrogens is 343 g/mol. The van der Waals surface area contributed by atoms with E-state index in [1.54, 1.807) is 12.1 Å². The van der Waals surface area contributed by atoms with Crippen LogP contribution in [0.15, 0.2) is 42.7 Å². The van der Waals surface area contributed by atoms with Crippen LogP contribution in [0.5, 0.6) is 0 Å². The van der Waals surface area contributed by atoms with Crippen LogP contribution in [0.25, 0.3) is 34.0 Å². The Hall–Kier alpha value is -3.35. The number of aromatic amines is 2. The predicted octanol–water partition coefficient (Wildman–Crippen LogP) is 4.49. The van der Waals surface area contributed by atoms with E-state index in [1.165, 1.54) is 12.4 Å². The number of rotatable bonds is 4. The number of halogens is 1. The monoisotopic (exact) mass is 362 g/mol. The molecule has 3 aromatic heterocycles. The van der Waals surface area contributed by atoms with Crippen molar-refractivity contribution in [3.8, 4) is 34.0 Å². The van der Waals surface area contributed by atoms with Gasteiger partial charge in [0.1, 0.15) is 18.0 Å². The third-order valence-electron chi connectivity index (χ3n) is 4.31. The highest BCUT2D eigenvalue weighted by atomic mass is 19.1. The fourth-order valence-corrected chi connectivity index (χ4v) is 2.92. The smallest absolute Gasteiger partial charge is 0.183 e. The zero-order chi connectivity index (χ0) is 19.0. The Morgan fingerprint density at radius 3 is 2.63 bits per heavy atom. The van der Waals surface area contributed by atoms with Crippen molar-refractivity contribution < 1.29 is 4.39 Å². The summed E-state index contributed by atoms with van der Waals surface area (Å²) in [6, 6.07) is 10.7. The topological polar surface area (TPSA) is 83.1 Å². The van der Waals surface area contributed by atoms with Crippen molar-refractivity contribution >= 4 is 0 Å². The molecule has 4 aromatic rings. The molecule has 0 fully saturated rings. The SMILES string of the molecule is Cc1cccc(-c2[nH]c(C(C)C)nc2-c2ccc(F)c(-c3nc[nH]n3)c2)n1. The number of nitrogens with one attached hydrogen (secondary N) is 2. The Balaban J connectivity index is 1.90. The van der Waals surface area contributed by atoms with Gasteiger partial charge in [0.05, 0.1) is 22.6 Å². The third-order valence-corrected chi connectivity index (χ3v) is 4.31. The summed E-state index contributed by atoms with van der Waals surface area (Å²) >= 11 is 0. The standard InChI is InChI=1S/C20H19FN6/c1-11(2)19-25-17(18(26-19)16-6-4-5-12(3)24-16)13-7-8-15(21)14(9-13)20-22-10-23-27-20/h4-11H,1-3H3,(H,25,26)(H,22,23,27). The summed E-state index contributed by atoms with van der Waals surface area (Å²) in [5, 5.41) is 6.61. The van der Waals surface area contributed by atoms with Crippen molar-refractivity contribution in [1.29, 1.82) is 0 Å². The number of hydrogen-bond acceptors (Lipinski definition) is 4. The van der Waals surface area contributed by atoms with E-state index in [0.717, 1.165) is 34.2 Å². The number of aromatic nitrogens is 6. The largest absolute Gasteiger partial charge is 0.340 e. The molecule has 27 heavy (non-hydrogen) atoms. The summed E-state index contributed by atoms with van der Waals surface area (Å²) in [7, 11) is 0. The average Bonchev–Trinajstić information content (AvgIpc) is 3.32. The van der Waals surface area contributed by atoms with E-state index in [9.17, 15) is 4.39 Å². The van der Waals surface area contributed by atoms with E-state index < -0.39 is 0 Å². The number of hydrogen-bond donors (Lipinski definition) is 2. The van der Waals surface area contributed by atoms with Crippen LogP contribution in [0.2, 0.25) is 0 Å². The predicted molar refractivity (Wildman–Crippen MR) is 101 cm³/mol. The Kier molecular flexibility index (Phi) is 4.27. The Morgan fingerprint density at radius 2 is 1.93 bits per heavy atom. The van der Waals surface area contributed by atoms with Crippen molar-refractivity contribution in [2.24, 2.45) is 0 Å². The van der Waals surface area contributed by atoms with Gasteiger partial charge in [0, 0.05) is 17.2 Å². The summed E-state index contributed by atoms with van der Waals surface area (Å²) < 4.78 is 14.3. The zero-order valence-electron chi connectivity index (χ0n) is 15.3. The molecule has 0 aliphatic rings. The quantitative estimate of drug-likeness (QED) is 0.560. The molecule has 3 heterocycles. The molecule has 0 bridgehead atoms. The van der Waals surface area contributed by atoms with Crippen molar-refractivity contribution in [1.82, 2.24) is 30.1 Å². The van der Waals surface area contributed by atoms with Crippen molar-refractivity contribution in [3.05, 3.63) is 60.1 Å². The maximum atomic E-state index is 14.3. The molecule has 0 saturated heterocycles. The highest BCUT2D eigenvalue weighted by Gasteiger charge is 2.19. The molecule has 0 atom stereocenters. The van der Waals surface area contributed by atoms with E-state index >= 15 is 0 Å². The lowest BCUT2D eigenvalue weighted by Crippen LogP contribution is -1.92. The molecule has 0 unspecified atom stereocenters. The van der Waals surface area contributed by atoms with E-state index in [0.29, 0.717) is 11.4 Å². The second-order valence-corrected chi connectivity index (χ2v) is 6.68. The second kappa shape index (κ2) is 6.75. The lowest BCUT2D eigenvalue weighted by molar-refractivity contribution is 0.630. The average molecular weight is 362 g/mol. The van der Waals surface area contributed by atoms with Crippen molar-refractivity contribution in [2.45, 2.75) is 26.7 Å². The first-order valence-electron chi connectivity index (χ1n) is 8.73. The lowest BCUT2D eigenvalue weighted by atomic mass is 10.0. The second-order valence-electron chi connectivity index (χ2n) is 6.68. The molecule has 0 radical (unpaired) electrons. The lowest BCUT2D eigenvalue weighted by Gasteiger charge is -2.06. The van der Waals surface area contributed by atoms with Gasteiger partial charge >= 0.3 is 0 Å². The molecule has 7 heteroatoms. The maximum absolute atomic E-state index is 14.3. The number of pyridine rings is 1. The van der Waals surface area contributed by atoms with E-state index in [4.69, 9.17) is 4.98 Å². The van der Waals surface area contributed by atoms with Gasteiger partial charge in [0.15, 0.2) is 5.82 Å². The molecular formula is C20H19FN6. The molecule has 0 spiro atoms. The van der Waals surface area contributed by atoms with Gasteiger partial charge in [-0.3, -0.25) is 10.1 Å². The van der Waals surface area contributed by atoms with Crippen LogP contribution in [0, 0.1) is 12.7 Å². The number of aryl methyl sites for hydroxylation is 1. The van der Waals surface area contributed by atoms with E-state index in [1.807, 2.05) is 25.1 Å². The van der Waals surface area contributed by atoms with Crippen LogP contribution in [-0.2, 0) is 0 Å².